The Morgan fingerprint density at radius 2 is 2.19 bits per heavy atom. The van der Waals surface area contributed by atoms with Gasteiger partial charge in [0.05, 0.1) is 3.79 Å². The molecule has 0 aliphatic rings. The van der Waals surface area contributed by atoms with Crippen molar-refractivity contribution in [3.8, 4) is 0 Å². The van der Waals surface area contributed by atoms with E-state index in [4.69, 9.17) is 5.73 Å². The maximum absolute atomic E-state index is 5.95. The fourth-order valence-corrected chi connectivity index (χ4v) is 2.82. The van der Waals surface area contributed by atoms with Crippen molar-refractivity contribution in [2.75, 3.05) is 13.6 Å². The third kappa shape index (κ3) is 5.99. The van der Waals surface area contributed by atoms with Gasteiger partial charge < -0.3 is 10.6 Å². The molecule has 0 aliphatic heterocycles. The maximum atomic E-state index is 5.95. The Hall–Kier alpha value is 0.100. The average molecular weight is 305 g/mol. The molecule has 0 bridgehead atoms. The fourth-order valence-electron chi connectivity index (χ4n) is 1.62. The molecule has 0 amide bonds. The van der Waals surface area contributed by atoms with Gasteiger partial charge in [-0.3, -0.25) is 0 Å². The Kier molecular flexibility index (Phi) is 5.44. The molecule has 4 heteroatoms. The zero-order valence-electron chi connectivity index (χ0n) is 10.3. The minimum atomic E-state index is -0.0355. The monoisotopic (exact) mass is 304 g/mol. The van der Waals surface area contributed by atoms with E-state index in [-0.39, 0.29) is 5.54 Å². The molecule has 0 atom stereocenters. The van der Waals surface area contributed by atoms with E-state index in [0.717, 1.165) is 25.9 Å². The van der Waals surface area contributed by atoms with E-state index in [1.54, 1.807) is 11.3 Å². The van der Waals surface area contributed by atoms with E-state index < -0.39 is 0 Å². The van der Waals surface area contributed by atoms with Gasteiger partial charge in [-0.2, -0.15) is 0 Å². The van der Waals surface area contributed by atoms with Crippen LogP contribution in [0.1, 0.15) is 32.3 Å². The highest BCUT2D eigenvalue weighted by Gasteiger charge is 2.10. The van der Waals surface area contributed by atoms with Crippen molar-refractivity contribution in [1.82, 2.24) is 4.90 Å². The predicted molar refractivity (Wildman–Crippen MR) is 75.9 cm³/mol. The molecule has 0 saturated heterocycles. The van der Waals surface area contributed by atoms with E-state index in [9.17, 15) is 0 Å². The van der Waals surface area contributed by atoms with Gasteiger partial charge in [-0.25, -0.2) is 0 Å². The molecule has 0 radical (unpaired) electrons. The quantitative estimate of drug-likeness (QED) is 0.872. The first-order valence-electron chi connectivity index (χ1n) is 5.57. The van der Waals surface area contributed by atoms with Gasteiger partial charge >= 0.3 is 0 Å². The van der Waals surface area contributed by atoms with Crippen LogP contribution in [-0.4, -0.2) is 24.0 Å². The summed E-state index contributed by atoms with van der Waals surface area (Å²) in [6, 6.07) is 2.19. The molecular formula is C12H21BrN2S. The van der Waals surface area contributed by atoms with Crippen LogP contribution in [-0.2, 0) is 6.54 Å². The zero-order valence-corrected chi connectivity index (χ0v) is 12.7. The summed E-state index contributed by atoms with van der Waals surface area (Å²) in [6.07, 6.45) is 2.23. The van der Waals surface area contributed by atoms with Crippen LogP contribution < -0.4 is 5.73 Å². The van der Waals surface area contributed by atoms with Gasteiger partial charge in [0.15, 0.2) is 0 Å². The van der Waals surface area contributed by atoms with Gasteiger partial charge in [0, 0.05) is 12.1 Å². The van der Waals surface area contributed by atoms with Crippen LogP contribution >= 0.6 is 27.3 Å². The van der Waals surface area contributed by atoms with Crippen LogP contribution in [0.2, 0.25) is 0 Å². The molecule has 0 spiro atoms. The van der Waals surface area contributed by atoms with Crippen LogP contribution in [0, 0.1) is 0 Å². The lowest BCUT2D eigenvalue weighted by Gasteiger charge is -2.21. The third-order valence-corrected chi connectivity index (χ3v) is 3.99. The van der Waals surface area contributed by atoms with E-state index in [2.05, 4.69) is 53.2 Å². The number of hydrogen-bond donors (Lipinski definition) is 1. The van der Waals surface area contributed by atoms with Gasteiger partial charge in [0.1, 0.15) is 0 Å². The van der Waals surface area contributed by atoms with Crippen molar-refractivity contribution in [3.05, 3.63) is 20.8 Å². The van der Waals surface area contributed by atoms with E-state index in [1.807, 2.05) is 0 Å². The van der Waals surface area contributed by atoms with Crippen LogP contribution in [0.5, 0.6) is 0 Å². The molecule has 2 nitrogen and oxygen atoms in total. The first-order valence-corrected chi connectivity index (χ1v) is 7.24. The van der Waals surface area contributed by atoms with Crippen LogP contribution in [0.4, 0.5) is 0 Å². The van der Waals surface area contributed by atoms with Crippen LogP contribution in [0.15, 0.2) is 15.2 Å². The lowest BCUT2D eigenvalue weighted by atomic mass is 10.00. The van der Waals surface area contributed by atoms with Crippen LogP contribution in [0.25, 0.3) is 0 Å². The van der Waals surface area contributed by atoms with Crippen molar-refractivity contribution in [1.29, 1.82) is 0 Å². The fraction of sp³-hybridized carbons (Fsp3) is 0.667. The number of thiophene rings is 1. The second-order valence-corrected chi connectivity index (χ2v) is 7.38. The smallest absolute Gasteiger partial charge is 0.0701 e. The molecule has 16 heavy (non-hydrogen) atoms. The third-order valence-electron chi connectivity index (χ3n) is 2.44. The Morgan fingerprint density at radius 3 is 2.69 bits per heavy atom. The summed E-state index contributed by atoms with van der Waals surface area (Å²) in [6.45, 7) is 6.30. The molecule has 1 aromatic heterocycles. The number of nitrogens with two attached hydrogens (primary N) is 1. The molecule has 0 fully saturated rings. The van der Waals surface area contributed by atoms with Gasteiger partial charge in [-0.15, -0.1) is 11.3 Å². The van der Waals surface area contributed by atoms with Crippen LogP contribution in [0.3, 0.4) is 0 Å². The molecule has 1 heterocycles. The number of hydrogen-bond acceptors (Lipinski definition) is 3. The summed E-state index contributed by atoms with van der Waals surface area (Å²) >= 11 is 5.23. The van der Waals surface area contributed by atoms with Gasteiger partial charge in [-0.1, -0.05) is 0 Å². The Balaban J connectivity index is 2.23. The van der Waals surface area contributed by atoms with E-state index in [0.29, 0.717) is 0 Å². The summed E-state index contributed by atoms with van der Waals surface area (Å²) in [4.78, 5) is 2.35. The number of nitrogens with zero attached hydrogens (tertiary/aromatic N) is 1. The summed E-state index contributed by atoms with van der Waals surface area (Å²) in [5.41, 5.74) is 7.30. The molecule has 2 N–H and O–H groups in total. The molecule has 0 unspecified atom stereocenters. The Bertz CT molecular complexity index is 317. The molecule has 92 valence electrons. The van der Waals surface area contributed by atoms with E-state index >= 15 is 0 Å². The second kappa shape index (κ2) is 6.15. The highest BCUT2D eigenvalue weighted by atomic mass is 79.9. The van der Waals surface area contributed by atoms with Gasteiger partial charge in [0.2, 0.25) is 0 Å². The van der Waals surface area contributed by atoms with Gasteiger partial charge in [-0.05, 0) is 73.2 Å². The van der Waals surface area contributed by atoms with Crippen molar-refractivity contribution < 1.29 is 0 Å². The minimum Gasteiger partial charge on any atom is -0.326 e. The molecule has 1 rings (SSSR count). The standard InChI is InChI=1S/C12H21BrN2S/c1-12(2,14)5-4-6-15(3)8-10-7-11(13)16-9-10/h7,9H,4-6,8,14H2,1-3H3. The molecule has 0 aromatic carbocycles. The Morgan fingerprint density at radius 1 is 1.50 bits per heavy atom. The summed E-state index contributed by atoms with van der Waals surface area (Å²) in [5, 5.41) is 2.20. The van der Waals surface area contributed by atoms with Crippen molar-refractivity contribution in [2.24, 2.45) is 5.73 Å². The predicted octanol–water partition coefficient (Wildman–Crippen LogP) is 3.46. The Labute approximate surface area is 111 Å². The normalized spacial score (nSPS) is 12.4. The lowest BCUT2D eigenvalue weighted by Crippen LogP contribution is -2.33. The van der Waals surface area contributed by atoms with Crippen molar-refractivity contribution >= 4 is 27.3 Å². The summed E-state index contributed by atoms with van der Waals surface area (Å²) in [7, 11) is 2.16. The summed E-state index contributed by atoms with van der Waals surface area (Å²) < 4.78 is 1.21. The second-order valence-electron chi connectivity index (χ2n) is 5.09. The topological polar surface area (TPSA) is 29.3 Å². The maximum Gasteiger partial charge on any atom is 0.0701 e. The molecule has 0 aliphatic carbocycles. The van der Waals surface area contributed by atoms with E-state index in [1.165, 1.54) is 9.35 Å². The largest absolute Gasteiger partial charge is 0.326 e. The highest BCUT2D eigenvalue weighted by Crippen LogP contribution is 2.21. The number of rotatable bonds is 6. The molecule has 0 saturated carbocycles. The zero-order chi connectivity index (χ0) is 12.2. The first-order chi connectivity index (χ1) is 7.37. The minimum absolute atomic E-state index is 0.0355. The highest BCUT2D eigenvalue weighted by molar-refractivity contribution is 9.11. The average Bonchev–Trinajstić information content (AvgIpc) is 2.48. The lowest BCUT2D eigenvalue weighted by molar-refractivity contribution is 0.303. The SMILES string of the molecule is CN(CCCC(C)(C)N)Cc1csc(Br)c1. The van der Waals surface area contributed by atoms with Gasteiger partial charge in [0.25, 0.3) is 0 Å². The number of halogens is 1. The van der Waals surface area contributed by atoms with Crippen molar-refractivity contribution in [3.63, 3.8) is 0 Å². The molecule has 1 aromatic rings. The first kappa shape index (κ1) is 14.2. The van der Waals surface area contributed by atoms with Crippen molar-refractivity contribution in [2.45, 2.75) is 38.8 Å². The molecular weight excluding hydrogens is 284 g/mol. The summed E-state index contributed by atoms with van der Waals surface area (Å²) in [5.74, 6) is 0.